The van der Waals surface area contributed by atoms with Crippen LogP contribution in [0, 0.1) is 0 Å². The minimum Gasteiger partial charge on any atom is -0.747 e. The summed E-state index contributed by atoms with van der Waals surface area (Å²) >= 11 is 0. The van der Waals surface area contributed by atoms with Crippen LogP contribution in [0.4, 0.5) is 0 Å². The molecule has 0 aliphatic carbocycles. The molecule has 0 heterocycles. The van der Waals surface area contributed by atoms with Crippen LogP contribution in [0.5, 0.6) is 0 Å². The van der Waals surface area contributed by atoms with Gasteiger partial charge in [0.1, 0.15) is 16.7 Å². The maximum absolute atomic E-state index is 11.7. The third-order valence-electron chi connectivity index (χ3n) is 3.53. The second-order valence-electron chi connectivity index (χ2n) is 5.73. The zero-order chi connectivity index (χ0) is 19.1. The first-order valence-corrected chi connectivity index (χ1v) is 10.2. The summed E-state index contributed by atoms with van der Waals surface area (Å²) in [7, 11) is -4.99. The second kappa shape index (κ2) is 16.7. The molecule has 9 heteroatoms. The number of carbonyl (C=O) groups excluding carboxylic acids is 2. The van der Waals surface area contributed by atoms with Crippen LogP contribution < -0.4 is 29.6 Å². The predicted octanol–water partition coefficient (Wildman–Crippen LogP) is -0.293. The number of hydrogen-bond donors (Lipinski definition) is 0. The summed E-state index contributed by atoms with van der Waals surface area (Å²) < 4.78 is 43.0. The van der Waals surface area contributed by atoms with E-state index in [4.69, 9.17) is 4.74 Å². The Morgan fingerprint density at radius 3 is 2.15 bits per heavy atom. The predicted molar refractivity (Wildman–Crippen MR) is 92.8 cm³/mol. The van der Waals surface area contributed by atoms with E-state index in [2.05, 4.69) is 11.7 Å². The van der Waals surface area contributed by atoms with Gasteiger partial charge >= 0.3 is 41.5 Å². The van der Waals surface area contributed by atoms with Crippen LogP contribution in [0.2, 0.25) is 0 Å². The summed E-state index contributed by atoms with van der Waals surface area (Å²) in [6.45, 7) is 3.82. The topological polar surface area (TPSA) is 110 Å². The standard InChI is InChI=1S/C17H30O7S.Na/c1-3-5-7-8-9-10-11-13-23-16(18)14-15(25(20,21)22)17(19)24-12-6-4-2;/h4,6,15H,3,5,7-14H2,1-2H3,(H,20,21,22);/q;+1/p-1/b6-4+;. The van der Waals surface area contributed by atoms with Gasteiger partial charge in [-0.2, -0.15) is 0 Å². The molecular formula is C17H29NaO7S. The normalized spacial score (nSPS) is 12.4. The van der Waals surface area contributed by atoms with Gasteiger partial charge in [-0.1, -0.05) is 57.6 Å². The minimum atomic E-state index is -4.99. The van der Waals surface area contributed by atoms with Gasteiger partial charge in [0.25, 0.3) is 0 Å². The zero-order valence-electron chi connectivity index (χ0n) is 16.1. The maximum atomic E-state index is 11.7. The molecular weight excluding hydrogens is 371 g/mol. The molecule has 0 spiro atoms. The molecule has 7 nitrogen and oxygen atoms in total. The molecule has 0 radical (unpaired) electrons. The molecule has 0 aromatic rings. The number of allylic oxidation sites excluding steroid dienone is 1. The van der Waals surface area contributed by atoms with Crippen molar-refractivity contribution < 1.29 is 61.6 Å². The summed E-state index contributed by atoms with van der Waals surface area (Å²) in [6, 6.07) is 0. The van der Waals surface area contributed by atoms with Gasteiger partial charge < -0.3 is 14.0 Å². The molecule has 0 amide bonds. The second-order valence-corrected chi connectivity index (χ2v) is 7.28. The Balaban J connectivity index is 0. The third-order valence-corrected chi connectivity index (χ3v) is 4.59. The Bertz CT molecular complexity index is 517. The van der Waals surface area contributed by atoms with E-state index in [9.17, 15) is 22.6 Å². The molecule has 0 aromatic heterocycles. The average molecular weight is 400 g/mol. The first kappa shape index (κ1) is 27.8. The Labute approximate surface area is 178 Å². The molecule has 0 saturated heterocycles. The molecule has 1 atom stereocenters. The Hall–Kier alpha value is -0.410. The van der Waals surface area contributed by atoms with Gasteiger partial charge in [-0.25, -0.2) is 8.42 Å². The Morgan fingerprint density at radius 1 is 1.04 bits per heavy atom. The molecule has 0 aliphatic rings. The number of unbranched alkanes of at least 4 members (excludes halogenated alkanes) is 6. The van der Waals surface area contributed by atoms with Crippen molar-refractivity contribution in [2.75, 3.05) is 13.2 Å². The van der Waals surface area contributed by atoms with Crippen molar-refractivity contribution in [3.05, 3.63) is 12.2 Å². The van der Waals surface area contributed by atoms with E-state index < -0.39 is 33.7 Å². The first-order chi connectivity index (χ1) is 11.8. The maximum Gasteiger partial charge on any atom is 1.00 e. The van der Waals surface area contributed by atoms with E-state index in [0.717, 1.165) is 19.3 Å². The number of rotatable bonds is 14. The Morgan fingerprint density at radius 2 is 1.62 bits per heavy atom. The number of hydrogen-bond acceptors (Lipinski definition) is 7. The van der Waals surface area contributed by atoms with Crippen molar-refractivity contribution in [1.82, 2.24) is 0 Å². The van der Waals surface area contributed by atoms with Gasteiger partial charge in [0.15, 0.2) is 5.25 Å². The number of ether oxygens (including phenoxy) is 2. The molecule has 146 valence electrons. The van der Waals surface area contributed by atoms with Gasteiger partial charge in [0, 0.05) is 0 Å². The molecule has 0 aliphatic heterocycles. The molecule has 0 bridgehead atoms. The van der Waals surface area contributed by atoms with E-state index >= 15 is 0 Å². The van der Waals surface area contributed by atoms with Crippen LogP contribution >= 0.6 is 0 Å². The summed E-state index contributed by atoms with van der Waals surface area (Å²) in [6.07, 6.45) is 9.59. The van der Waals surface area contributed by atoms with Crippen molar-refractivity contribution in [3.8, 4) is 0 Å². The van der Waals surface area contributed by atoms with Crippen LogP contribution in [0.25, 0.3) is 0 Å². The van der Waals surface area contributed by atoms with Gasteiger partial charge in [-0.05, 0) is 13.3 Å². The fourth-order valence-corrected chi connectivity index (χ4v) is 2.72. The van der Waals surface area contributed by atoms with E-state index in [-0.39, 0.29) is 42.8 Å². The molecule has 26 heavy (non-hydrogen) atoms. The van der Waals surface area contributed by atoms with E-state index in [1.807, 2.05) is 0 Å². The summed E-state index contributed by atoms with van der Waals surface area (Å²) in [5.41, 5.74) is 0. The molecule has 0 N–H and O–H groups in total. The minimum absolute atomic E-state index is 0. The molecule has 0 aromatic carbocycles. The van der Waals surface area contributed by atoms with Gasteiger partial charge in [0.05, 0.1) is 13.0 Å². The zero-order valence-corrected chi connectivity index (χ0v) is 18.9. The van der Waals surface area contributed by atoms with E-state index in [0.29, 0.717) is 6.42 Å². The van der Waals surface area contributed by atoms with Gasteiger partial charge in [-0.15, -0.1) is 0 Å². The number of esters is 2. The summed E-state index contributed by atoms with van der Waals surface area (Å²) in [5, 5.41) is -2.07. The quantitative estimate of drug-likeness (QED) is 0.130. The molecule has 0 saturated carbocycles. The fraction of sp³-hybridized carbons (Fsp3) is 0.765. The van der Waals surface area contributed by atoms with Gasteiger partial charge in [-0.3, -0.25) is 9.59 Å². The largest absolute Gasteiger partial charge is 1.00 e. The summed E-state index contributed by atoms with van der Waals surface area (Å²) in [4.78, 5) is 23.3. The van der Waals surface area contributed by atoms with E-state index in [1.54, 1.807) is 13.0 Å². The van der Waals surface area contributed by atoms with Crippen molar-refractivity contribution in [3.63, 3.8) is 0 Å². The SMILES string of the molecule is C/C=C/COC(=O)C(CC(=O)OCCCCCCCCC)S(=O)(=O)[O-].[Na+]. The van der Waals surface area contributed by atoms with Crippen LogP contribution in [0.3, 0.4) is 0 Å². The Kier molecular flexibility index (Phi) is 17.9. The van der Waals surface area contributed by atoms with Crippen LogP contribution in [-0.4, -0.2) is 43.4 Å². The molecule has 0 rings (SSSR count). The molecule has 0 fully saturated rings. The smallest absolute Gasteiger partial charge is 0.747 e. The molecule has 1 unspecified atom stereocenters. The van der Waals surface area contributed by atoms with Gasteiger partial charge in [0.2, 0.25) is 0 Å². The monoisotopic (exact) mass is 400 g/mol. The number of carbonyl (C=O) groups is 2. The van der Waals surface area contributed by atoms with Crippen LogP contribution in [0.15, 0.2) is 12.2 Å². The summed E-state index contributed by atoms with van der Waals surface area (Å²) in [5.74, 6) is -2.13. The fourth-order valence-electron chi connectivity index (χ4n) is 2.08. The van der Waals surface area contributed by atoms with Crippen molar-refractivity contribution in [2.45, 2.75) is 70.5 Å². The van der Waals surface area contributed by atoms with Crippen LogP contribution in [-0.2, 0) is 29.2 Å². The van der Waals surface area contributed by atoms with E-state index in [1.165, 1.54) is 25.3 Å². The van der Waals surface area contributed by atoms with Crippen molar-refractivity contribution >= 4 is 22.1 Å². The first-order valence-electron chi connectivity index (χ1n) is 8.71. The third kappa shape index (κ3) is 14.7. The van der Waals surface area contributed by atoms with Crippen molar-refractivity contribution in [1.29, 1.82) is 0 Å². The average Bonchev–Trinajstić information content (AvgIpc) is 2.54. The van der Waals surface area contributed by atoms with Crippen molar-refractivity contribution in [2.24, 2.45) is 0 Å². The van der Waals surface area contributed by atoms with Crippen LogP contribution in [0.1, 0.15) is 65.2 Å².